The van der Waals surface area contributed by atoms with Gasteiger partial charge in [-0.1, -0.05) is 48.5 Å². The number of rotatable bonds is 7. The van der Waals surface area contributed by atoms with Gasteiger partial charge in [-0.3, -0.25) is 9.59 Å². The van der Waals surface area contributed by atoms with Crippen molar-refractivity contribution in [3.05, 3.63) is 66.2 Å². The summed E-state index contributed by atoms with van der Waals surface area (Å²) in [7, 11) is 0. The topological polar surface area (TPSA) is 84.7 Å². The Labute approximate surface area is 177 Å². The Morgan fingerprint density at radius 2 is 1.76 bits per heavy atom. The van der Waals surface area contributed by atoms with E-state index in [-0.39, 0.29) is 42.8 Å². The van der Waals surface area contributed by atoms with Crippen LogP contribution in [0.25, 0.3) is 0 Å². The van der Waals surface area contributed by atoms with Crippen LogP contribution in [0.1, 0.15) is 24.4 Å². The third-order valence-electron chi connectivity index (χ3n) is 4.97. The number of carbonyl (C=O) groups is 2. The fraction of sp³-hybridized carbons (Fsp3) is 0.364. The van der Waals surface area contributed by atoms with Gasteiger partial charge in [0.1, 0.15) is 5.75 Å². The molecule has 0 aliphatic carbocycles. The normalized spacial score (nSPS) is 17.0. The molecule has 0 saturated carbocycles. The Morgan fingerprint density at radius 1 is 1.10 bits per heavy atom. The second kappa shape index (κ2) is 11.4. The van der Waals surface area contributed by atoms with Gasteiger partial charge in [0.25, 0.3) is 5.91 Å². The van der Waals surface area contributed by atoms with Gasteiger partial charge in [-0.25, -0.2) is 0 Å². The first-order chi connectivity index (χ1) is 13.6. The Kier molecular flexibility index (Phi) is 8.96. The highest BCUT2D eigenvalue weighted by Crippen LogP contribution is 2.18. The molecule has 1 aliphatic rings. The number of carbonyl (C=O) groups excluding carboxylic acids is 2. The lowest BCUT2D eigenvalue weighted by Gasteiger charge is -2.32. The summed E-state index contributed by atoms with van der Waals surface area (Å²) in [5.74, 6) is 0.310. The summed E-state index contributed by atoms with van der Waals surface area (Å²) >= 11 is 0. The van der Waals surface area contributed by atoms with E-state index < -0.39 is 0 Å². The van der Waals surface area contributed by atoms with Gasteiger partial charge in [0.05, 0.1) is 5.92 Å². The molecule has 0 spiro atoms. The van der Waals surface area contributed by atoms with Crippen molar-refractivity contribution in [1.29, 1.82) is 0 Å². The molecule has 29 heavy (non-hydrogen) atoms. The summed E-state index contributed by atoms with van der Waals surface area (Å²) in [6.45, 7) is 1.44. The van der Waals surface area contributed by atoms with E-state index in [1.165, 1.54) is 0 Å². The molecule has 7 heteroatoms. The highest BCUT2D eigenvalue weighted by Gasteiger charge is 2.28. The maximum Gasteiger partial charge on any atom is 0.260 e. The van der Waals surface area contributed by atoms with Crippen molar-refractivity contribution in [2.24, 2.45) is 11.7 Å². The molecular formula is C22H28ClN3O3. The van der Waals surface area contributed by atoms with E-state index in [2.05, 4.69) is 5.32 Å². The predicted octanol–water partition coefficient (Wildman–Crippen LogP) is 2.54. The molecule has 3 rings (SSSR count). The van der Waals surface area contributed by atoms with E-state index in [4.69, 9.17) is 10.5 Å². The summed E-state index contributed by atoms with van der Waals surface area (Å²) < 4.78 is 5.54. The first-order valence-electron chi connectivity index (χ1n) is 9.67. The van der Waals surface area contributed by atoms with Crippen LogP contribution < -0.4 is 15.8 Å². The molecule has 2 atom stereocenters. The van der Waals surface area contributed by atoms with Gasteiger partial charge in [-0.2, -0.15) is 0 Å². The van der Waals surface area contributed by atoms with Crippen LogP contribution in [-0.4, -0.2) is 43.0 Å². The Balaban J connectivity index is 0.00000300. The highest BCUT2D eigenvalue weighted by molar-refractivity contribution is 5.85. The molecule has 2 amide bonds. The van der Waals surface area contributed by atoms with Gasteiger partial charge in [0.15, 0.2) is 6.61 Å². The number of nitrogens with zero attached hydrogens (tertiary/aromatic N) is 1. The molecule has 1 aliphatic heterocycles. The van der Waals surface area contributed by atoms with Crippen LogP contribution >= 0.6 is 12.4 Å². The lowest BCUT2D eigenvalue weighted by molar-refractivity contribution is -0.137. The zero-order valence-corrected chi connectivity index (χ0v) is 17.1. The minimum Gasteiger partial charge on any atom is -0.484 e. The van der Waals surface area contributed by atoms with Crippen molar-refractivity contribution < 1.29 is 14.3 Å². The number of halogens is 1. The van der Waals surface area contributed by atoms with Gasteiger partial charge < -0.3 is 20.7 Å². The van der Waals surface area contributed by atoms with Crippen molar-refractivity contribution in [3.8, 4) is 5.75 Å². The van der Waals surface area contributed by atoms with Crippen LogP contribution in [0.2, 0.25) is 0 Å². The van der Waals surface area contributed by atoms with Gasteiger partial charge in [0.2, 0.25) is 5.91 Å². The number of nitrogens with two attached hydrogens (primary N) is 1. The zero-order valence-electron chi connectivity index (χ0n) is 16.3. The summed E-state index contributed by atoms with van der Waals surface area (Å²) in [4.78, 5) is 26.7. The van der Waals surface area contributed by atoms with Crippen molar-refractivity contribution in [3.63, 3.8) is 0 Å². The number of nitrogens with one attached hydrogen (secondary N) is 1. The quantitative estimate of drug-likeness (QED) is 0.725. The first kappa shape index (κ1) is 22.7. The number of likely N-dealkylation sites (tertiary alicyclic amines) is 1. The van der Waals surface area contributed by atoms with Crippen LogP contribution in [0.3, 0.4) is 0 Å². The van der Waals surface area contributed by atoms with Crippen molar-refractivity contribution in [2.75, 3.05) is 26.2 Å². The molecule has 1 fully saturated rings. The largest absolute Gasteiger partial charge is 0.484 e. The average Bonchev–Trinajstić information content (AvgIpc) is 2.77. The van der Waals surface area contributed by atoms with Crippen LogP contribution in [-0.2, 0) is 9.59 Å². The monoisotopic (exact) mass is 417 g/mol. The Hall–Kier alpha value is -2.57. The lowest BCUT2D eigenvalue weighted by atomic mass is 9.97. The van der Waals surface area contributed by atoms with Gasteiger partial charge >= 0.3 is 0 Å². The highest BCUT2D eigenvalue weighted by atomic mass is 35.5. The SMILES string of the molecule is Cl.NC(CNC(=O)C1CCCN(C(=O)COc2ccccc2)C1)c1ccccc1. The number of benzene rings is 2. The van der Waals surface area contributed by atoms with Crippen LogP contribution in [0.4, 0.5) is 0 Å². The molecule has 2 aromatic rings. The van der Waals surface area contributed by atoms with Gasteiger partial charge in [-0.05, 0) is 30.5 Å². The maximum atomic E-state index is 12.5. The van der Waals surface area contributed by atoms with E-state index in [1.807, 2.05) is 60.7 Å². The smallest absolute Gasteiger partial charge is 0.260 e. The van der Waals surface area contributed by atoms with E-state index >= 15 is 0 Å². The molecular weight excluding hydrogens is 390 g/mol. The van der Waals surface area contributed by atoms with Crippen molar-refractivity contribution in [1.82, 2.24) is 10.2 Å². The van der Waals surface area contributed by atoms with Crippen LogP contribution in [0.5, 0.6) is 5.75 Å². The standard InChI is InChI=1S/C22H27N3O3.ClH/c23-20(17-8-3-1-4-9-17)14-24-22(27)18-10-7-13-25(15-18)21(26)16-28-19-11-5-2-6-12-19;/h1-6,8-9,11-12,18,20H,7,10,13-16,23H2,(H,24,27);1H. The number of amides is 2. The number of ether oxygens (including phenoxy) is 1. The van der Waals surface area contributed by atoms with E-state index in [0.29, 0.717) is 25.4 Å². The number of para-hydroxylation sites is 1. The Bertz CT molecular complexity index is 773. The second-order valence-electron chi connectivity index (χ2n) is 7.04. The molecule has 3 N–H and O–H groups in total. The molecule has 0 bridgehead atoms. The summed E-state index contributed by atoms with van der Waals surface area (Å²) in [6, 6.07) is 18.7. The third kappa shape index (κ3) is 6.76. The molecule has 1 saturated heterocycles. The molecule has 2 unspecified atom stereocenters. The molecule has 156 valence electrons. The molecule has 0 aromatic heterocycles. The fourth-order valence-electron chi connectivity index (χ4n) is 3.34. The van der Waals surface area contributed by atoms with Gasteiger partial charge in [0, 0.05) is 25.7 Å². The van der Waals surface area contributed by atoms with E-state index in [9.17, 15) is 9.59 Å². The summed E-state index contributed by atoms with van der Waals surface area (Å²) in [5, 5.41) is 2.93. The number of hydrogen-bond donors (Lipinski definition) is 2. The lowest BCUT2D eigenvalue weighted by Crippen LogP contribution is -2.47. The molecule has 6 nitrogen and oxygen atoms in total. The fourth-order valence-corrected chi connectivity index (χ4v) is 3.34. The average molecular weight is 418 g/mol. The number of piperidine rings is 1. The van der Waals surface area contributed by atoms with Crippen LogP contribution in [0, 0.1) is 5.92 Å². The second-order valence-corrected chi connectivity index (χ2v) is 7.04. The minimum absolute atomic E-state index is 0. The first-order valence-corrected chi connectivity index (χ1v) is 9.67. The Morgan fingerprint density at radius 3 is 2.45 bits per heavy atom. The summed E-state index contributed by atoms with van der Waals surface area (Å²) in [6.07, 6.45) is 1.58. The predicted molar refractivity (Wildman–Crippen MR) is 115 cm³/mol. The molecule has 1 heterocycles. The van der Waals surface area contributed by atoms with Crippen molar-refractivity contribution >= 4 is 24.2 Å². The number of hydrogen-bond acceptors (Lipinski definition) is 4. The minimum atomic E-state index is -0.245. The maximum absolute atomic E-state index is 12.5. The zero-order chi connectivity index (χ0) is 19.8. The van der Waals surface area contributed by atoms with E-state index in [0.717, 1.165) is 18.4 Å². The van der Waals surface area contributed by atoms with Gasteiger partial charge in [-0.15, -0.1) is 12.4 Å². The third-order valence-corrected chi connectivity index (χ3v) is 4.97. The van der Waals surface area contributed by atoms with E-state index in [1.54, 1.807) is 4.90 Å². The molecule has 2 aromatic carbocycles. The molecule has 0 radical (unpaired) electrons. The summed E-state index contributed by atoms with van der Waals surface area (Å²) in [5.41, 5.74) is 7.13. The van der Waals surface area contributed by atoms with Crippen LogP contribution in [0.15, 0.2) is 60.7 Å². The van der Waals surface area contributed by atoms with Crippen molar-refractivity contribution in [2.45, 2.75) is 18.9 Å².